The van der Waals surface area contributed by atoms with Gasteiger partial charge in [-0.15, -0.1) is 0 Å². The van der Waals surface area contributed by atoms with Crippen LogP contribution in [0.1, 0.15) is 22.4 Å². The van der Waals surface area contributed by atoms with Gasteiger partial charge in [-0.25, -0.2) is 12.8 Å². The highest BCUT2D eigenvalue weighted by atomic mass is 32.2. The minimum atomic E-state index is -3.64. The summed E-state index contributed by atoms with van der Waals surface area (Å²) in [4.78, 5) is 14.8. The average Bonchev–Trinajstić information content (AvgIpc) is 3.07. The Bertz CT molecular complexity index is 1400. The molecule has 0 atom stereocenters. The molecule has 5 nitrogen and oxygen atoms in total. The number of hydrogen-bond acceptors (Lipinski definition) is 3. The van der Waals surface area contributed by atoms with Gasteiger partial charge in [0.2, 0.25) is 5.91 Å². The molecule has 0 aliphatic rings. The van der Waals surface area contributed by atoms with E-state index in [1.54, 1.807) is 65.9 Å². The van der Waals surface area contributed by atoms with Gasteiger partial charge < -0.3 is 9.30 Å². The molecule has 0 N–H and O–H groups in total. The van der Waals surface area contributed by atoms with Crippen molar-refractivity contribution in [2.24, 2.45) is 0 Å². The Morgan fingerprint density at radius 3 is 2.30 bits per heavy atom. The predicted octanol–water partition coefficient (Wildman–Crippen LogP) is 4.56. The van der Waals surface area contributed by atoms with Crippen LogP contribution in [0.2, 0.25) is 0 Å². The molecule has 0 bridgehead atoms. The van der Waals surface area contributed by atoms with Crippen LogP contribution >= 0.6 is 0 Å². The van der Waals surface area contributed by atoms with Gasteiger partial charge in [0.15, 0.2) is 9.84 Å². The van der Waals surface area contributed by atoms with Crippen LogP contribution in [0.25, 0.3) is 5.52 Å². The lowest BCUT2D eigenvalue weighted by atomic mass is 10.1. The van der Waals surface area contributed by atoms with Crippen molar-refractivity contribution in [3.63, 3.8) is 0 Å². The fraction of sp³-hybridized carbons (Fsp3) is 0.192. The quantitative estimate of drug-likeness (QED) is 0.403. The maximum atomic E-state index is 13.4. The molecule has 0 saturated heterocycles. The molecule has 0 saturated carbocycles. The zero-order valence-electron chi connectivity index (χ0n) is 18.5. The molecule has 2 aromatic heterocycles. The number of pyridine rings is 1. The van der Waals surface area contributed by atoms with Crippen LogP contribution in [0.3, 0.4) is 0 Å². The number of likely N-dealkylation sites (N-methyl/N-ethyl adjacent to an activating group) is 1. The first-order valence-corrected chi connectivity index (χ1v) is 12.2. The van der Waals surface area contributed by atoms with Gasteiger partial charge in [0.25, 0.3) is 0 Å². The summed E-state index contributed by atoms with van der Waals surface area (Å²) in [5.41, 5.74) is 3.32. The number of rotatable bonds is 7. The largest absolute Gasteiger partial charge is 0.341 e. The van der Waals surface area contributed by atoms with Gasteiger partial charge in [-0.3, -0.25) is 4.79 Å². The number of carbonyl (C=O) groups excluding carboxylic acids is 1. The van der Waals surface area contributed by atoms with E-state index in [0.29, 0.717) is 28.9 Å². The van der Waals surface area contributed by atoms with Crippen LogP contribution in [-0.2, 0) is 33.4 Å². The molecular weight excluding hydrogens is 439 g/mol. The van der Waals surface area contributed by atoms with Gasteiger partial charge in [0.05, 0.1) is 22.6 Å². The van der Waals surface area contributed by atoms with Gasteiger partial charge in [-0.1, -0.05) is 48.5 Å². The first-order valence-electron chi connectivity index (χ1n) is 10.6. The number of halogens is 1. The van der Waals surface area contributed by atoms with Crippen molar-refractivity contribution < 1.29 is 17.6 Å². The second-order valence-corrected chi connectivity index (χ2v) is 10.1. The first-order chi connectivity index (χ1) is 15.8. The lowest BCUT2D eigenvalue weighted by Crippen LogP contribution is -2.28. The highest BCUT2D eigenvalue weighted by Gasteiger charge is 2.27. The fourth-order valence-corrected chi connectivity index (χ4v) is 5.92. The molecule has 2 heterocycles. The number of amides is 1. The lowest BCUT2D eigenvalue weighted by Gasteiger charge is -2.18. The molecule has 4 aromatic rings. The summed E-state index contributed by atoms with van der Waals surface area (Å²) in [5, 5.41) is 0. The summed E-state index contributed by atoms with van der Waals surface area (Å²) in [6.07, 6.45) is 1.84. The molecule has 0 aliphatic carbocycles. The van der Waals surface area contributed by atoms with Crippen molar-refractivity contribution >= 4 is 21.3 Å². The molecular formula is C26H25FN2O3S. The molecule has 0 radical (unpaired) electrons. The molecule has 170 valence electrons. The van der Waals surface area contributed by atoms with Crippen LogP contribution in [0.5, 0.6) is 0 Å². The van der Waals surface area contributed by atoms with E-state index in [0.717, 1.165) is 5.56 Å². The van der Waals surface area contributed by atoms with Gasteiger partial charge >= 0.3 is 0 Å². The number of aromatic nitrogens is 1. The van der Waals surface area contributed by atoms with E-state index in [9.17, 15) is 17.6 Å². The summed E-state index contributed by atoms with van der Waals surface area (Å²) in [6.45, 7) is 2.09. The molecule has 0 spiro atoms. The third kappa shape index (κ3) is 4.83. The van der Waals surface area contributed by atoms with Crippen LogP contribution < -0.4 is 0 Å². The zero-order valence-corrected chi connectivity index (χ0v) is 19.3. The van der Waals surface area contributed by atoms with Gasteiger partial charge in [-0.2, -0.15) is 0 Å². The molecule has 0 aliphatic heterocycles. The zero-order chi connectivity index (χ0) is 23.6. The fourth-order valence-electron chi connectivity index (χ4n) is 4.07. The molecule has 33 heavy (non-hydrogen) atoms. The molecule has 1 amide bonds. The van der Waals surface area contributed by atoms with Crippen LogP contribution in [0.15, 0.2) is 83.9 Å². The maximum Gasteiger partial charge on any atom is 0.228 e. The molecule has 0 unspecified atom stereocenters. The van der Waals surface area contributed by atoms with E-state index in [1.165, 1.54) is 12.1 Å². The highest BCUT2D eigenvalue weighted by molar-refractivity contribution is 7.91. The van der Waals surface area contributed by atoms with E-state index >= 15 is 0 Å². The second kappa shape index (κ2) is 9.19. The second-order valence-electron chi connectivity index (χ2n) is 8.15. The smallest absolute Gasteiger partial charge is 0.228 e. The van der Waals surface area contributed by atoms with Crippen molar-refractivity contribution in [3.05, 3.63) is 107 Å². The number of nitrogens with zero attached hydrogens (tertiary/aromatic N) is 2. The van der Waals surface area contributed by atoms with Crippen molar-refractivity contribution in [3.8, 4) is 0 Å². The average molecular weight is 465 g/mol. The van der Waals surface area contributed by atoms with Crippen LogP contribution in [0.4, 0.5) is 4.39 Å². The van der Waals surface area contributed by atoms with Gasteiger partial charge in [-0.05, 0) is 47.9 Å². The summed E-state index contributed by atoms with van der Waals surface area (Å²) in [7, 11) is -1.96. The number of hydrogen-bond donors (Lipinski definition) is 0. The normalized spacial score (nSPS) is 11.6. The number of benzene rings is 2. The third-order valence-corrected chi connectivity index (χ3v) is 7.60. The van der Waals surface area contributed by atoms with E-state index in [2.05, 4.69) is 0 Å². The van der Waals surface area contributed by atoms with Crippen molar-refractivity contribution in [2.75, 3.05) is 7.05 Å². The van der Waals surface area contributed by atoms with E-state index < -0.39 is 9.84 Å². The third-order valence-electron chi connectivity index (χ3n) is 5.74. The molecule has 0 fully saturated rings. The standard InChI is InChI=1S/C26H25FN2O3S/c1-19-24(16-25(30)28(2)17-20-11-13-22(27)14-12-20)29-15-7-6-10-23(29)26(19)33(31,32)18-21-8-4-3-5-9-21/h3-15H,16-18H2,1-2H3. The molecule has 4 rings (SSSR count). The molecule has 7 heteroatoms. The number of sulfone groups is 1. The Morgan fingerprint density at radius 1 is 0.939 bits per heavy atom. The van der Waals surface area contributed by atoms with Crippen molar-refractivity contribution in [1.82, 2.24) is 9.30 Å². The Hall–Kier alpha value is -3.45. The SMILES string of the molecule is Cc1c(S(=O)(=O)Cc2ccccc2)c2ccccn2c1CC(=O)N(C)Cc1ccc(F)cc1. The maximum absolute atomic E-state index is 13.4. The monoisotopic (exact) mass is 464 g/mol. The molecule has 2 aromatic carbocycles. The minimum Gasteiger partial charge on any atom is -0.341 e. The summed E-state index contributed by atoms with van der Waals surface area (Å²) < 4.78 is 41.8. The van der Waals surface area contributed by atoms with Crippen molar-refractivity contribution in [2.45, 2.75) is 30.5 Å². The topological polar surface area (TPSA) is 58.9 Å². The first kappa shape index (κ1) is 22.7. The number of carbonyl (C=O) groups is 1. The summed E-state index contributed by atoms with van der Waals surface area (Å²) in [5.74, 6) is -0.592. The Morgan fingerprint density at radius 2 is 1.61 bits per heavy atom. The van der Waals surface area contributed by atoms with Crippen molar-refractivity contribution in [1.29, 1.82) is 0 Å². The Kier molecular flexibility index (Phi) is 6.33. The summed E-state index contributed by atoms with van der Waals surface area (Å²) >= 11 is 0. The van der Waals surface area contributed by atoms with Crippen LogP contribution in [0, 0.1) is 12.7 Å². The Balaban J connectivity index is 1.65. The van der Waals surface area contributed by atoms with E-state index in [4.69, 9.17) is 0 Å². The lowest BCUT2D eigenvalue weighted by molar-refractivity contribution is -0.129. The minimum absolute atomic E-state index is 0.0512. The number of fused-ring (bicyclic) bond motifs is 1. The summed E-state index contributed by atoms with van der Waals surface area (Å²) in [6, 6.07) is 20.5. The van der Waals surface area contributed by atoms with Gasteiger partial charge in [0.1, 0.15) is 5.82 Å². The van der Waals surface area contributed by atoms with E-state index in [1.807, 2.05) is 24.3 Å². The van der Waals surface area contributed by atoms with E-state index in [-0.39, 0.29) is 28.8 Å². The predicted molar refractivity (Wildman–Crippen MR) is 126 cm³/mol. The van der Waals surface area contributed by atoms with Crippen LogP contribution in [-0.4, -0.2) is 30.7 Å². The van der Waals surface area contributed by atoms with Gasteiger partial charge in [0, 0.05) is 25.5 Å². The highest BCUT2D eigenvalue weighted by Crippen LogP contribution is 2.30. The Labute approximate surface area is 193 Å².